The molecular formula is C18H26O4. The van der Waals surface area contributed by atoms with Crippen LogP contribution >= 0.6 is 0 Å². The van der Waals surface area contributed by atoms with E-state index in [1.54, 1.807) is 18.2 Å². The third-order valence-electron chi connectivity index (χ3n) is 3.29. The van der Waals surface area contributed by atoms with Gasteiger partial charge in [0.25, 0.3) is 0 Å². The molecule has 0 unspecified atom stereocenters. The maximum Gasteiger partial charge on any atom is 0.330 e. The zero-order valence-electron chi connectivity index (χ0n) is 13.7. The second-order valence-electron chi connectivity index (χ2n) is 5.68. The number of rotatable bonds is 9. The molecule has 0 aromatic heterocycles. The molecule has 22 heavy (non-hydrogen) atoms. The minimum absolute atomic E-state index is 0.0728. The molecule has 1 aromatic rings. The van der Waals surface area contributed by atoms with E-state index in [1.165, 1.54) is 32.1 Å². The van der Waals surface area contributed by atoms with E-state index in [4.69, 9.17) is 9.47 Å². The van der Waals surface area contributed by atoms with E-state index in [2.05, 4.69) is 13.8 Å². The Kier molecular flexibility index (Phi) is 8.11. The van der Waals surface area contributed by atoms with Crippen LogP contribution in [0, 0.1) is 5.92 Å². The Morgan fingerprint density at radius 1 is 1.27 bits per heavy atom. The third-order valence-corrected chi connectivity index (χ3v) is 3.29. The molecule has 0 radical (unpaired) electrons. The molecule has 0 fully saturated rings. The molecule has 0 heterocycles. The molecule has 4 heteroatoms. The van der Waals surface area contributed by atoms with Crippen LogP contribution in [0.15, 0.2) is 24.3 Å². The minimum atomic E-state index is -0.351. The second-order valence-corrected chi connectivity index (χ2v) is 5.68. The van der Waals surface area contributed by atoms with E-state index in [-0.39, 0.29) is 11.7 Å². The standard InChI is InChI=1S/C18H26O4/c1-14(2)7-5-4-6-12-22-18(20)11-9-15-8-10-16(19)17(13-15)21-3/h8-11,13-14,19H,4-7,12H2,1-3H3/b11-9+. The number of ether oxygens (including phenoxy) is 2. The average Bonchev–Trinajstić information content (AvgIpc) is 2.49. The van der Waals surface area contributed by atoms with Gasteiger partial charge >= 0.3 is 5.97 Å². The molecule has 0 saturated heterocycles. The maximum atomic E-state index is 11.6. The summed E-state index contributed by atoms with van der Waals surface area (Å²) < 4.78 is 10.2. The van der Waals surface area contributed by atoms with Crippen LogP contribution in [-0.4, -0.2) is 24.8 Å². The SMILES string of the molecule is COc1cc(/C=C/C(=O)OCCCCCC(C)C)ccc1O. The third kappa shape index (κ3) is 7.16. The Hall–Kier alpha value is -1.97. The Labute approximate surface area is 132 Å². The van der Waals surface area contributed by atoms with Crippen LogP contribution in [-0.2, 0) is 9.53 Å². The molecule has 1 rings (SSSR count). The highest BCUT2D eigenvalue weighted by molar-refractivity contribution is 5.87. The smallest absolute Gasteiger partial charge is 0.330 e. The molecule has 0 aliphatic rings. The van der Waals surface area contributed by atoms with Crippen molar-refractivity contribution in [3.8, 4) is 11.5 Å². The van der Waals surface area contributed by atoms with E-state index >= 15 is 0 Å². The largest absolute Gasteiger partial charge is 0.504 e. The first-order valence-corrected chi connectivity index (χ1v) is 7.74. The van der Waals surface area contributed by atoms with Crippen molar-refractivity contribution in [2.75, 3.05) is 13.7 Å². The van der Waals surface area contributed by atoms with Gasteiger partial charge in [0.05, 0.1) is 13.7 Å². The van der Waals surface area contributed by atoms with Gasteiger partial charge in [-0.05, 0) is 36.1 Å². The van der Waals surface area contributed by atoms with Gasteiger partial charge in [-0.15, -0.1) is 0 Å². The Balaban J connectivity index is 2.29. The molecule has 0 aliphatic carbocycles. The molecule has 4 nitrogen and oxygen atoms in total. The quantitative estimate of drug-likeness (QED) is 0.422. The van der Waals surface area contributed by atoms with Crippen molar-refractivity contribution in [2.45, 2.75) is 39.5 Å². The van der Waals surface area contributed by atoms with Gasteiger partial charge in [0.1, 0.15) is 0 Å². The zero-order chi connectivity index (χ0) is 16.4. The van der Waals surface area contributed by atoms with Crippen molar-refractivity contribution in [1.82, 2.24) is 0 Å². The van der Waals surface area contributed by atoms with Crippen LogP contribution in [0.25, 0.3) is 6.08 Å². The van der Waals surface area contributed by atoms with Gasteiger partial charge in [-0.3, -0.25) is 0 Å². The molecule has 122 valence electrons. The monoisotopic (exact) mass is 306 g/mol. The van der Waals surface area contributed by atoms with Crippen molar-refractivity contribution in [3.63, 3.8) is 0 Å². The van der Waals surface area contributed by atoms with Crippen molar-refractivity contribution in [2.24, 2.45) is 5.92 Å². The summed E-state index contributed by atoms with van der Waals surface area (Å²) in [6.07, 6.45) is 7.42. The van der Waals surface area contributed by atoms with Crippen LogP contribution in [0.2, 0.25) is 0 Å². The predicted octanol–water partition coefficient (Wildman–Crippen LogP) is 4.17. The fraction of sp³-hybridized carbons (Fsp3) is 0.500. The van der Waals surface area contributed by atoms with Crippen LogP contribution < -0.4 is 4.74 Å². The van der Waals surface area contributed by atoms with Crippen LogP contribution in [0.3, 0.4) is 0 Å². The molecular weight excluding hydrogens is 280 g/mol. The number of esters is 1. The van der Waals surface area contributed by atoms with Gasteiger partial charge in [0, 0.05) is 6.08 Å². The summed E-state index contributed by atoms with van der Waals surface area (Å²) in [4.78, 5) is 11.6. The summed E-state index contributed by atoms with van der Waals surface area (Å²) in [7, 11) is 1.48. The van der Waals surface area contributed by atoms with E-state index in [0.717, 1.165) is 24.3 Å². The number of hydrogen-bond donors (Lipinski definition) is 1. The highest BCUT2D eigenvalue weighted by Gasteiger charge is 2.02. The highest BCUT2D eigenvalue weighted by Crippen LogP contribution is 2.26. The Bertz CT molecular complexity index is 492. The lowest BCUT2D eigenvalue weighted by molar-refractivity contribution is -0.137. The Morgan fingerprint density at radius 3 is 2.73 bits per heavy atom. The molecule has 1 aromatic carbocycles. The Morgan fingerprint density at radius 2 is 2.05 bits per heavy atom. The lowest BCUT2D eigenvalue weighted by atomic mass is 10.1. The molecule has 0 saturated carbocycles. The fourth-order valence-corrected chi connectivity index (χ4v) is 2.01. The lowest BCUT2D eigenvalue weighted by Crippen LogP contribution is -2.02. The number of benzene rings is 1. The topological polar surface area (TPSA) is 55.8 Å². The van der Waals surface area contributed by atoms with Gasteiger partial charge in [-0.25, -0.2) is 4.79 Å². The van der Waals surface area contributed by atoms with Gasteiger partial charge in [0.15, 0.2) is 11.5 Å². The lowest BCUT2D eigenvalue weighted by Gasteiger charge is -2.05. The summed E-state index contributed by atoms with van der Waals surface area (Å²) in [5.41, 5.74) is 0.767. The number of phenolic OH excluding ortho intramolecular Hbond substituents is 1. The van der Waals surface area contributed by atoms with Crippen molar-refractivity contribution in [3.05, 3.63) is 29.8 Å². The number of carbonyl (C=O) groups is 1. The van der Waals surface area contributed by atoms with Crippen LogP contribution in [0.1, 0.15) is 45.1 Å². The predicted molar refractivity (Wildman–Crippen MR) is 88.0 cm³/mol. The summed E-state index contributed by atoms with van der Waals surface area (Å²) in [6.45, 7) is 4.88. The summed E-state index contributed by atoms with van der Waals surface area (Å²) in [6, 6.07) is 4.89. The summed E-state index contributed by atoms with van der Waals surface area (Å²) >= 11 is 0. The molecule has 0 aliphatic heterocycles. The maximum absolute atomic E-state index is 11.6. The molecule has 0 bridgehead atoms. The molecule has 0 atom stereocenters. The minimum Gasteiger partial charge on any atom is -0.504 e. The number of carbonyl (C=O) groups excluding carboxylic acids is 1. The van der Waals surface area contributed by atoms with Crippen LogP contribution in [0.4, 0.5) is 0 Å². The van der Waals surface area contributed by atoms with Gasteiger partial charge in [-0.2, -0.15) is 0 Å². The first kappa shape index (κ1) is 18.1. The zero-order valence-corrected chi connectivity index (χ0v) is 13.7. The highest BCUT2D eigenvalue weighted by atomic mass is 16.5. The first-order valence-electron chi connectivity index (χ1n) is 7.74. The summed E-state index contributed by atoms with van der Waals surface area (Å²) in [5.74, 6) is 0.827. The second kappa shape index (κ2) is 9.87. The van der Waals surface area contributed by atoms with Crippen molar-refractivity contribution >= 4 is 12.0 Å². The first-order chi connectivity index (χ1) is 10.5. The normalized spacial score (nSPS) is 11.1. The average molecular weight is 306 g/mol. The molecule has 0 amide bonds. The molecule has 0 spiro atoms. The van der Waals surface area contributed by atoms with Crippen molar-refractivity contribution in [1.29, 1.82) is 0 Å². The van der Waals surface area contributed by atoms with E-state index in [9.17, 15) is 9.90 Å². The van der Waals surface area contributed by atoms with E-state index in [0.29, 0.717) is 12.4 Å². The summed E-state index contributed by atoms with van der Waals surface area (Å²) in [5, 5.41) is 9.49. The number of hydrogen-bond acceptors (Lipinski definition) is 4. The van der Waals surface area contributed by atoms with E-state index in [1.807, 2.05) is 0 Å². The number of phenols is 1. The van der Waals surface area contributed by atoms with Gasteiger partial charge in [0.2, 0.25) is 0 Å². The molecule has 1 N–H and O–H groups in total. The number of aromatic hydroxyl groups is 1. The number of unbranched alkanes of at least 4 members (excludes halogenated alkanes) is 2. The number of methoxy groups -OCH3 is 1. The van der Waals surface area contributed by atoms with E-state index < -0.39 is 0 Å². The van der Waals surface area contributed by atoms with Gasteiger partial charge in [-0.1, -0.05) is 39.2 Å². The van der Waals surface area contributed by atoms with Crippen molar-refractivity contribution < 1.29 is 19.4 Å². The van der Waals surface area contributed by atoms with Crippen LogP contribution in [0.5, 0.6) is 11.5 Å². The fourth-order valence-electron chi connectivity index (χ4n) is 2.01. The van der Waals surface area contributed by atoms with Gasteiger partial charge < -0.3 is 14.6 Å².